The van der Waals surface area contributed by atoms with Crippen LogP contribution >= 0.6 is 23.2 Å². The van der Waals surface area contributed by atoms with Gasteiger partial charge in [0.1, 0.15) is 11.6 Å². The molecule has 192 valence electrons. The zero-order chi connectivity index (χ0) is 26.3. The van der Waals surface area contributed by atoms with Gasteiger partial charge < -0.3 is 25.4 Å². The molecule has 4 N–H and O–H groups in total. The molecular formula is C25H25Cl2N7O3. The minimum atomic E-state index is -1.22. The first-order chi connectivity index (χ1) is 17.8. The summed E-state index contributed by atoms with van der Waals surface area (Å²) in [5.41, 5.74) is 3.45. The fraction of sp³-hybridized carbons (Fsp3) is 0.320. The number of aliphatic hydroxyl groups is 2. The highest BCUT2D eigenvalue weighted by molar-refractivity contribution is 6.31. The number of nitrogens with one attached hydrogen (secondary N) is 2. The van der Waals surface area contributed by atoms with E-state index in [9.17, 15) is 15.0 Å². The van der Waals surface area contributed by atoms with Gasteiger partial charge in [-0.25, -0.2) is 15.0 Å². The van der Waals surface area contributed by atoms with Crippen LogP contribution in [0.3, 0.4) is 0 Å². The number of hydrogen-bond donors (Lipinski definition) is 4. The van der Waals surface area contributed by atoms with Crippen molar-refractivity contribution >= 4 is 46.1 Å². The summed E-state index contributed by atoms with van der Waals surface area (Å²) < 4.78 is 1.68. The summed E-state index contributed by atoms with van der Waals surface area (Å²) in [5.74, 6) is -0.303. The third-order valence-electron chi connectivity index (χ3n) is 6.62. The molecule has 4 aromatic rings. The number of rotatable bonds is 6. The van der Waals surface area contributed by atoms with E-state index in [0.717, 1.165) is 11.1 Å². The van der Waals surface area contributed by atoms with Crippen molar-refractivity contribution < 1.29 is 15.0 Å². The van der Waals surface area contributed by atoms with Gasteiger partial charge in [0.25, 0.3) is 0 Å². The second kappa shape index (κ2) is 10.2. The van der Waals surface area contributed by atoms with Crippen LogP contribution in [0.15, 0.2) is 43.0 Å². The lowest BCUT2D eigenvalue weighted by Gasteiger charge is -2.18. The Bertz CT molecular complexity index is 1480. The summed E-state index contributed by atoms with van der Waals surface area (Å²) in [6, 6.07) is 6.85. The van der Waals surface area contributed by atoms with Crippen molar-refractivity contribution in [2.24, 2.45) is 5.92 Å². The quantitative estimate of drug-likeness (QED) is 0.292. The highest BCUT2D eigenvalue weighted by Crippen LogP contribution is 2.38. The van der Waals surface area contributed by atoms with Crippen molar-refractivity contribution in [2.75, 3.05) is 12.4 Å². The van der Waals surface area contributed by atoms with Gasteiger partial charge in [-0.1, -0.05) is 40.9 Å². The Morgan fingerprint density at radius 2 is 1.97 bits per heavy atom. The lowest BCUT2D eigenvalue weighted by Crippen LogP contribution is -2.36. The average molecular weight is 542 g/mol. The van der Waals surface area contributed by atoms with E-state index >= 15 is 0 Å². The van der Waals surface area contributed by atoms with Gasteiger partial charge in [-0.15, -0.1) is 0 Å². The molecule has 0 aliphatic heterocycles. The molecule has 37 heavy (non-hydrogen) atoms. The van der Waals surface area contributed by atoms with Crippen molar-refractivity contribution in [1.29, 1.82) is 0 Å². The number of aromatic nitrogens is 5. The van der Waals surface area contributed by atoms with E-state index in [1.54, 1.807) is 16.8 Å². The number of carbonyl (C=O) groups is 1. The molecule has 0 radical (unpaired) electrons. The van der Waals surface area contributed by atoms with Crippen LogP contribution in [-0.4, -0.2) is 59.9 Å². The zero-order valence-electron chi connectivity index (χ0n) is 20.1. The van der Waals surface area contributed by atoms with E-state index < -0.39 is 24.2 Å². The van der Waals surface area contributed by atoms with Crippen molar-refractivity contribution in [3.05, 3.63) is 64.2 Å². The standard InChI is InChI=1S/C25H25Cl2N7O3/c1-12-3-4-17(27)13(5-12)9-30-23-19-24(33-22(32-23)14-6-15(26)10-29-8-14)34(11-31-19)18-7-16(25(37)28-2)20(35)21(18)36/h3-6,8,10-11,16,18,20-21,35-36H,7,9H2,1-2H3,(H,28,37)(H,30,32,33)/t16-,18+,20+,21-/m0/s1. The maximum atomic E-state index is 12.3. The van der Waals surface area contributed by atoms with Gasteiger partial charge in [-0.3, -0.25) is 9.78 Å². The van der Waals surface area contributed by atoms with Crippen molar-refractivity contribution in [2.45, 2.75) is 38.1 Å². The van der Waals surface area contributed by atoms with Gasteiger partial charge >= 0.3 is 0 Å². The zero-order valence-corrected chi connectivity index (χ0v) is 21.6. The maximum Gasteiger partial charge on any atom is 0.225 e. The number of halogens is 2. The molecule has 1 fully saturated rings. The summed E-state index contributed by atoms with van der Waals surface area (Å²) in [7, 11) is 1.50. The van der Waals surface area contributed by atoms with Crippen LogP contribution in [0, 0.1) is 12.8 Å². The highest BCUT2D eigenvalue weighted by atomic mass is 35.5. The van der Waals surface area contributed by atoms with Crippen molar-refractivity contribution in [3.63, 3.8) is 0 Å². The van der Waals surface area contributed by atoms with Gasteiger partial charge in [-0.2, -0.15) is 0 Å². The van der Waals surface area contributed by atoms with Crippen LogP contribution in [0.2, 0.25) is 10.0 Å². The summed E-state index contributed by atoms with van der Waals surface area (Å²) >= 11 is 12.6. The van der Waals surface area contributed by atoms with Crippen LogP contribution < -0.4 is 10.6 Å². The third kappa shape index (κ3) is 4.85. The summed E-state index contributed by atoms with van der Waals surface area (Å²) in [4.78, 5) is 30.4. The molecule has 0 bridgehead atoms. The Morgan fingerprint density at radius 3 is 2.73 bits per heavy atom. The van der Waals surface area contributed by atoms with E-state index in [1.165, 1.54) is 19.6 Å². The molecule has 0 saturated heterocycles. The summed E-state index contributed by atoms with van der Waals surface area (Å²) in [6.45, 7) is 2.37. The van der Waals surface area contributed by atoms with Gasteiger partial charge in [0.2, 0.25) is 5.91 Å². The monoisotopic (exact) mass is 541 g/mol. The molecule has 10 nitrogen and oxygen atoms in total. The number of fused-ring (bicyclic) bond motifs is 1. The second-order valence-corrected chi connectivity index (χ2v) is 9.91. The predicted molar refractivity (Wildman–Crippen MR) is 140 cm³/mol. The number of nitrogens with zero attached hydrogens (tertiary/aromatic N) is 5. The van der Waals surface area contributed by atoms with E-state index in [1.807, 2.05) is 25.1 Å². The maximum absolute atomic E-state index is 12.3. The lowest BCUT2D eigenvalue weighted by molar-refractivity contribution is -0.128. The van der Waals surface area contributed by atoms with Gasteiger partial charge in [-0.05, 0) is 31.0 Å². The van der Waals surface area contributed by atoms with Crippen LogP contribution in [0.1, 0.15) is 23.6 Å². The minimum Gasteiger partial charge on any atom is -0.390 e. The number of pyridine rings is 1. The van der Waals surface area contributed by atoms with E-state index in [-0.39, 0.29) is 12.3 Å². The SMILES string of the molecule is CNC(=O)[C@H]1C[C@@H](n2cnc3c(NCc4cc(C)ccc4Cl)nc(-c4cncc(Cl)c4)nc32)[C@H](O)[C@@H]1O. The minimum absolute atomic E-state index is 0.215. The van der Waals surface area contributed by atoms with Crippen LogP contribution in [-0.2, 0) is 11.3 Å². The normalized spacial score (nSPS) is 21.4. The van der Waals surface area contributed by atoms with Crippen LogP contribution in [0.5, 0.6) is 0 Å². The Balaban J connectivity index is 1.59. The molecule has 0 spiro atoms. The fourth-order valence-corrected chi connectivity index (χ4v) is 5.05. The lowest BCUT2D eigenvalue weighted by atomic mass is 10.1. The van der Waals surface area contributed by atoms with Crippen molar-refractivity contribution in [1.82, 2.24) is 29.8 Å². The third-order valence-corrected chi connectivity index (χ3v) is 7.20. The molecule has 12 heteroatoms. The molecular weight excluding hydrogens is 517 g/mol. The highest BCUT2D eigenvalue weighted by Gasteiger charge is 2.46. The van der Waals surface area contributed by atoms with Gasteiger partial charge in [0.15, 0.2) is 17.3 Å². The first-order valence-corrected chi connectivity index (χ1v) is 12.4. The second-order valence-electron chi connectivity index (χ2n) is 9.07. The fourth-order valence-electron chi connectivity index (χ4n) is 4.69. The van der Waals surface area contributed by atoms with E-state index in [0.29, 0.717) is 45.0 Å². The number of imidazole rings is 1. The van der Waals surface area contributed by atoms with Gasteiger partial charge in [0, 0.05) is 36.6 Å². The molecule has 3 aromatic heterocycles. The van der Waals surface area contributed by atoms with E-state index in [4.69, 9.17) is 33.2 Å². The Labute approximate surface area is 222 Å². The van der Waals surface area contributed by atoms with Gasteiger partial charge in [0.05, 0.1) is 29.4 Å². The molecule has 1 aliphatic rings. The number of aliphatic hydroxyl groups excluding tert-OH is 2. The number of benzene rings is 1. The average Bonchev–Trinajstić information content (AvgIpc) is 3.44. The summed E-state index contributed by atoms with van der Waals surface area (Å²) in [6.07, 6.45) is 2.46. The molecule has 1 amide bonds. The molecule has 1 saturated carbocycles. The van der Waals surface area contributed by atoms with Crippen molar-refractivity contribution in [3.8, 4) is 11.4 Å². The molecule has 0 unspecified atom stereocenters. The number of aryl methyl sites for hydroxylation is 1. The predicted octanol–water partition coefficient (Wildman–Crippen LogP) is 3.14. The number of amides is 1. The Hall–Kier alpha value is -3.31. The molecule has 4 atom stereocenters. The topological polar surface area (TPSA) is 138 Å². The van der Waals surface area contributed by atoms with Crippen LogP contribution in [0.25, 0.3) is 22.6 Å². The first-order valence-electron chi connectivity index (χ1n) is 11.7. The molecule has 1 aromatic carbocycles. The Kier molecular flexibility index (Phi) is 7.00. The first kappa shape index (κ1) is 25.3. The Morgan fingerprint density at radius 1 is 1.16 bits per heavy atom. The largest absolute Gasteiger partial charge is 0.390 e. The summed E-state index contributed by atoms with van der Waals surface area (Å²) in [5, 5.41) is 28.3. The number of carbonyl (C=O) groups excluding carboxylic acids is 1. The number of hydrogen-bond acceptors (Lipinski definition) is 8. The molecule has 3 heterocycles. The number of anilines is 1. The molecule has 5 rings (SSSR count). The molecule has 1 aliphatic carbocycles. The van der Waals surface area contributed by atoms with Crippen LogP contribution in [0.4, 0.5) is 5.82 Å². The van der Waals surface area contributed by atoms with E-state index in [2.05, 4.69) is 20.6 Å². The smallest absolute Gasteiger partial charge is 0.225 e.